The molecule has 0 spiro atoms. The number of fused-ring (bicyclic) bond motifs is 2. The van der Waals surface area contributed by atoms with Gasteiger partial charge in [-0.05, 0) is 49.4 Å². The molecule has 0 unspecified atom stereocenters. The fourth-order valence-electron chi connectivity index (χ4n) is 2.49. The van der Waals surface area contributed by atoms with Gasteiger partial charge in [-0.15, -0.1) is 0 Å². The Hall–Kier alpha value is -1.28. The first-order chi connectivity index (χ1) is 8.79. The summed E-state index contributed by atoms with van der Waals surface area (Å²) in [6.07, 6.45) is 4.28. The van der Waals surface area contributed by atoms with Crippen LogP contribution in [0.3, 0.4) is 0 Å². The van der Waals surface area contributed by atoms with Gasteiger partial charge in [-0.2, -0.15) is 0 Å². The summed E-state index contributed by atoms with van der Waals surface area (Å²) in [5, 5.41) is 1.89. The van der Waals surface area contributed by atoms with Crippen molar-refractivity contribution in [2.24, 2.45) is 0 Å². The molecule has 94 valence electrons. The Labute approximate surface area is 112 Å². The van der Waals surface area contributed by atoms with Crippen molar-refractivity contribution in [1.82, 2.24) is 4.98 Å². The van der Waals surface area contributed by atoms with Gasteiger partial charge in [0.2, 0.25) is 0 Å². The molecule has 3 heteroatoms. The Morgan fingerprint density at radius 2 is 2.22 bits per heavy atom. The van der Waals surface area contributed by atoms with Crippen LogP contribution in [0.4, 0.5) is 0 Å². The standard InChI is InChI=1S/C15H16ClNO/c1-2-8-18-10-6-7-14-12(9-10)15(16)11-4-3-5-13(11)17-14/h6-7,9H,2-5,8H2,1H3. The molecule has 0 radical (unpaired) electrons. The fraction of sp³-hybridized carbons (Fsp3) is 0.400. The van der Waals surface area contributed by atoms with Crippen molar-refractivity contribution in [3.05, 3.63) is 34.5 Å². The topological polar surface area (TPSA) is 22.1 Å². The second-order valence-corrected chi connectivity index (χ2v) is 5.11. The van der Waals surface area contributed by atoms with E-state index in [0.29, 0.717) is 0 Å². The highest BCUT2D eigenvalue weighted by Crippen LogP contribution is 2.35. The van der Waals surface area contributed by atoms with E-state index in [1.54, 1.807) is 0 Å². The molecule has 0 aliphatic heterocycles. The van der Waals surface area contributed by atoms with E-state index in [4.69, 9.17) is 21.3 Å². The molecule has 0 amide bonds. The monoisotopic (exact) mass is 261 g/mol. The summed E-state index contributed by atoms with van der Waals surface area (Å²) < 4.78 is 5.65. The number of benzene rings is 1. The summed E-state index contributed by atoms with van der Waals surface area (Å²) >= 11 is 6.50. The van der Waals surface area contributed by atoms with Gasteiger partial charge < -0.3 is 4.74 Å². The highest BCUT2D eigenvalue weighted by Gasteiger charge is 2.18. The SMILES string of the molecule is CCCOc1ccc2nc3c(c(Cl)c2c1)CCC3. The van der Waals surface area contributed by atoms with E-state index in [2.05, 4.69) is 6.92 Å². The number of rotatable bonds is 3. The average Bonchev–Trinajstić information content (AvgIpc) is 2.85. The van der Waals surface area contributed by atoms with Gasteiger partial charge in [0, 0.05) is 11.1 Å². The van der Waals surface area contributed by atoms with Crippen LogP contribution in [0.5, 0.6) is 5.75 Å². The molecule has 0 fully saturated rings. The Balaban J connectivity index is 2.10. The molecule has 1 heterocycles. The van der Waals surface area contributed by atoms with E-state index in [1.165, 1.54) is 11.3 Å². The highest BCUT2D eigenvalue weighted by atomic mass is 35.5. The van der Waals surface area contributed by atoms with Crippen LogP contribution in [0.2, 0.25) is 5.02 Å². The van der Waals surface area contributed by atoms with E-state index in [0.717, 1.165) is 54.0 Å². The number of hydrogen-bond acceptors (Lipinski definition) is 2. The number of aromatic nitrogens is 1. The third-order valence-corrected chi connectivity index (χ3v) is 3.82. The van der Waals surface area contributed by atoms with Crippen LogP contribution in [0.1, 0.15) is 31.0 Å². The van der Waals surface area contributed by atoms with Crippen molar-refractivity contribution in [3.63, 3.8) is 0 Å². The van der Waals surface area contributed by atoms with E-state index < -0.39 is 0 Å². The third kappa shape index (κ3) is 1.95. The Morgan fingerprint density at radius 3 is 3.06 bits per heavy atom. The molecule has 1 aromatic heterocycles. The molecule has 1 aliphatic rings. The van der Waals surface area contributed by atoms with Gasteiger partial charge in [0.15, 0.2) is 0 Å². The van der Waals surface area contributed by atoms with E-state index in [1.807, 2.05) is 18.2 Å². The van der Waals surface area contributed by atoms with Gasteiger partial charge in [-0.1, -0.05) is 18.5 Å². The maximum absolute atomic E-state index is 6.50. The summed E-state index contributed by atoms with van der Waals surface area (Å²) in [6, 6.07) is 5.99. The van der Waals surface area contributed by atoms with Crippen molar-refractivity contribution in [3.8, 4) is 5.75 Å². The minimum atomic E-state index is 0.738. The Bertz CT molecular complexity index is 595. The molecule has 0 saturated heterocycles. The molecular weight excluding hydrogens is 246 g/mol. The van der Waals surface area contributed by atoms with Gasteiger partial charge in [0.05, 0.1) is 17.1 Å². The molecule has 2 nitrogen and oxygen atoms in total. The largest absolute Gasteiger partial charge is 0.494 e. The second-order valence-electron chi connectivity index (χ2n) is 4.73. The molecule has 1 aromatic carbocycles. The predicted molar refractivity (Wildman–Crippen MR) is 74.6 cm³/mol. The van der Waals surface area contributed by atoms with Crippen LogP contribution in [0.25, 0.3) is 10.9 Å². The van der Waals surface area contributed by atoms with Crippen molar-refractivity contribution in [1.29, 1.82) is 0 Å². The van der Waals surface area contributed by atoms with Crippen LogP contribution in [-0.2, 0) is 12.8 Å². The lowest BCUT2D eigenvalue weighted by Crippen LogP contribution is -1.96. The van der Waals surface area contributed by atoms with Gasteiger partial charge in [0.1, 0.15) is 5.75 Å². The Morgan fingerprint density at radius 1 is 1.33 bits per heavy atom. The second kappa shape index (κ2) is 4.77. The van der Waals surface area contributed by atoms with Crippen LogP contribution in [0, 0.1) is 0 Å². The normalized spacial score (nSPS) is 13.9. The summed E-state index contributed by atoms with van der Waals surface area (Å²) in [6.45, 7) is 2.84. The lowest BCUT2D eigenvalue weighted by molar-refractivity contribution is 0.318. The van der Waals surface area contributed by atoms with Crippen molar-refractivity contribution < 1.29 is 4.74 Å². The smallest absolute Gasteiger partial charge is 0.120 e. The van der Waals surface area contributed by atoms with Crippen molar-refractivity contribution in [2.45, 2.75) is 32.6 Å². The first-order valence-corrected chi connectivity index (χ1v) is 6.91. The summed E-state index contributed by atoms with van der Waals surface area (Å²) in [5.41, 5.74) is 3.39. The van der Waals surface area contributed by atoms with E-state index in [9.17, 15) is 0 Å². The first kappa shape index (κ1) is 11.8. The zero-order valence-corrected chi connectivity index (χ0v) is 11.3. The molecule has 0 atom stereocenters. The highest BCUT2D eigenvalue weighted by molar-refractivity contribution is 6.36. The van der Waals surface area contributed by atoms with Crippen LogP contribution in [-0.4, -0.2) is 11.6 Å². The lowest BCUT2D eigenvalue weighted by atomic mass is 10.1. The molecule has 18 heavy (non-hydrogen) atoms. The average molecular weight is 262 g/mol. The number of nitrogens with zero attached hydrogens (tertiary/aromatic N) is 1. The number of pyridine rings is 1. The quantitative estimate of drug-likeness (QED) is 0.827. The molecule has 0 saturated carbocycles. The van der Waals surface area contributed by atoms with Crippen LogP contribution >= 0.6 is 11.6 Å². The first-order valence-electron chi connectivity index (χ1n) is 6.53. The number of halogens is 1. The molecular formula is C15H16ClNO. The fourth-order valence-corrected chi connectivity index (χ4v) is 2.85. The van der Waals surface area contributed by atoms with Gasteiger partial charge >= 0.3 is 0 Å². The molecule has 2 aromatic rings. The molecule has 1 aliphatic carbocycles. The van der Waals surface area contributed by atoms with Crippen molar-refractivity contribution >= 4 is 22.5 Å². The van der Waals surface area contributed by atoms with Gasteiger partial charge in [-0.3, -0.25) is 4.98 Å². The van der Waals surface area contributed by atoms with Crippen molar-refractivity contribution in [2.75, 3.05) is 6.61 Å². The molecule has 0 N–H and O–H groups in total. The maximum atomic E-state index is 6.50. The molecule has 0 bridgehead atoms. The predicted octanol–water partition coefficient (Wildman–Crippen LogP) is 4.17. The number of ether oxygens (including phenoxy) is 1. The summed E-state index contributed by atoms with van der Waals surface area (Å²) in [7, 11) is 0. The van der Waals surface area contributed by atoms with E-state index in [-0.39, 0.29) is 0 Å². The minimum Gasteiger partial charge on any atom is -0.494 e. The van der Waals surface area contributed by atoms with Crippen LogP contribution < -0.4 is 4.74 Å². The zero-order chi connectivity index (χ0) is 12.5. The number of hydrogen-bond donors (Lipinski definition) is 0. The van der Waals surface area contributed by atoms with Gasteiger partial charge in [0.25, 0.3) is 0 Å². The minimum absolute atomic E-state index is 0.738. The van der Waals surface area contributed by atoms with E-state index >= 15 is 0 Å². The summed E-state index contributed by atoms with van der Waals surface area (Å²) in [4.78, 5) is 4.70. The summed E-state index contributed by atoms with van der Waals surface area (Å²) in [5.74, 6) is 0.881. The van der Waals surface area contributed by atoms with Gasteiger partial charge in [-0.25, -0.2) is 0 Å². The lowest BCUT2D eigenvalue weighted by Gasteiger charge is -2.09. The zero-order valence-electron chi connectivity index (χ0n) is 10.5. The maximum Gasteiger partial charge on any atom is 0.120 e. The Kier molecular flexibility index (Phi) is 3.13. The number of aryl methyl sites for hydroxylation is 1. The third-order valence-electron chi connectivity index (χ3n) is 3.39. The molecule has 3 rings (SSSR count). The van der Waals surface area contributed by atoms with Crippen LogP contribution in [0.15, 0.2) is 18.2 Å².